The summed E-state index contributed by atoms with van der Waals surface area (Å²) in [5, 5.41) is -0.865. The second-order valence-electron chi connectivity index (χ2n) is 1.60. The second-order valence-corrected chi connectivity index (χ2v) is 1.92. The molecule has 1 radical (unpaired) electrons. The van der Waals surface area contributed by atoms with Crippen molar-refractivity contribution in [2.45, 2.75) is 6.42 Å². The fourth-order valence-electron chi connectivity index (χ4n) is 0.443. The Morgan fingerprint density at radius 2 is 2.10 bits per heavy atom. The highest BCUT2D eigenvalue weighted by molar-refractivity contribution is 6.63. The number of carbonyl (C=O) groups excluding carboxylic acids is 2. The molecule has 0 heterocycles. The van der Waals surface area contributed by atoms with Crippen LogP contribution in [0.2, 0.25) is 0 Å². The molecule has 0 aliphatic rings. The Hall–Kier alpha value is -0.770. The van der Waals surface area contributed by atoms with Gasteiger partial charge in [-0.3, -0.25) is 9.69 Å². The van der Waals surface area contributed by atoms with E-state index < -0.39 is 11.4 Å². The predicted octanol–water partition coefficient (Wildman–Crippen LogP) is 0.950. The lowest BCUT2D eigenvalue weighted by Gasteiger charge is -2.12. The Bertz CT molecular complexity index is 135. The molecular formula is C5H8ClN2O2. The number of amides is 3. The Balaban J connectivity index is 3.98. The lowest BCUT2D eigenvalue weighted by Crippen LogP contribution is -2.38. The van der Waals surface area contributed by atoms with Crippen LogP contribution >= 0.6 is 11.6 Å². The number of carbonyl (C=O) groups is 2. The van der Waals surface area contributed by atoms with Crippen LogP contribution in [0.25, 0.3) is 0 Å². The van der Waals surface area contributed by atoms with Crippen LogP contribution in [0.5, 0.6) is 0 Å². The van der Waals surface area contributed by atoms with Crippen molar-refractivity contribution in [2.75, 3.05) is 6.54 Å². The molecule has 10 heavy (non-hydrogen) atoms. The summed E-state index contributed by atoms with van der Waals surface area (Å²) in [6.45, 7) is 3.59. The average Bonchev–Trinajstić information content (AvgIpc) is 1.81. The summed E-state index contributed by atoms with van der Waals surface area (Å²) in [6.07, 6.45) is 0.404. The molecule has 0 atom stereocenters. The number of hydrogen-bond acceptors (Lipinski definition) is 2. The first-order valence-corrected chi connectivity index (χ1v) is 3.03. The Morgan fingerprint density at radius 1 is 1.60 bits per heavy atom. The monoisotopic (exact) mass is 163 g/mol. The molecule has 0 aromatic rings. The minimum atomic E-state index is -0.865. The van der Waals surface area contributed by atoms with Gasteiger partial charge < -0.3 is 5.73 Å². The summed E-state index contributed by atoms with van der Waals surface area (Å²) in [6, 6.07) is -0.844. The molecule has 0 saturated heterocycles. The van der Waals surface area contributed by atoms with Gasteiger partial charge in [-0.1, -0.05) is 6.92 Å². The molecule has 0 bridgehead atoms. The smallest absolute Gasteiger partial charge is 0.324 e. The van der Waals surface area contributed by atoms with E-state index in [9.17, 15) is 9.59 Å². The van der Waals surface area contributed by atoms with Gasteiger partial charge >= 0.3 is 11.4 Å². The van der Waals surface area contributed by atoms with Gasteiger partial charge in [0.05, 0.1) is 0 Å². The van der Waals surface area contributed by atoms with Crippen molar-refractivity contribution >= 4 is 23.0 Å². The molecule has 0 aromatic carbocycles. The molecule has 4 nitrogen and oxygen atoms in total. The lowest BCUT2D eigenvalue weighted by molar-refractivity contribution is 0.206. The second kappa shape index (κ2) is 4.11. The van der Waals surface area contributed by atoms with E-state index in [4.69, 9.17) is 17.3 Å². The van der Waals surface area contributed by atoms with Crippen molar-refractivity contribution in [1.82, 2.24) is 4.90 Å². The van der Waals surface area contributed by atoms with Crippen LogP contribution in [-0.4, -0.2) is 22.8 Å². The number of halogens is 1. The summed E-state index contributed by atoms with van der Waals surface area (Å²) >= 11 is 4.98. The highest BCUT2D eigenvalue weighted by atomic mass is 35.5. The van der Waals surface area contributed by atoms with Gasteiger partial charge in [0.1, 0.15) is 0 Å². The molecule has 2 N–H and O–H groups in total. The lowest BCUT2D eigenvalue weighted by atomic mass is 10.4. The minimum absolute atomic E-state index is 0.164. The predicted molar refractivity (Wildman–Crippen MR) is 37.5 cm³/mol. The zero-order valence-electron chi connectivity index (χ0n) is 5.34. The van der Waals surface area contributed by atoms with Gasteiger partial charge in [-0.05, 0) is 18.0 Å². The zero-order chi connectivity index (χ0) is 8.15. The summed E-state index contributed by atoms with van der Waals surface area (Å²) in [7, 11) is 0. The zero-order valence-corrected chi connectivity index (χ0v) is 6.10. The fourth-order valence-corrected chi connectivity index (χ4v) is 0.611. The maximum Gasteiger partial charge on any atom is 0.324 e. The van der Waals surface area contributed by atoms with Crippen LogP contribution in [0, 0.1) is 6.92 Å². The van der Waals surface area contributed by atoms with Gasteiger partial charge in [0, 0.05) is 6.54 Å². The van der Waals surface area contributed by atoms with Crippen molar-refractivity contribution < 1.29 is 9.59 Å². The van der Waals surface area contributed by atoms with Crippen molar-refractivity contribution in [1.29, 1.82) is 0 Å². The third-order valence-electron chi connectivity index (χ3n) is 0.860. The number of primary amides is 1. The fraction of sp³-hybridized carbons (Fsp3) is 0.400. The van der Waals surface area contributed by atoms with E-state index in [0.29, 0.717) is 11.3 Å². The van der Waals surface area contributed by atoms with Gasteiger partial charge in [0.15, 0.2) is 0 Å². The van der Waals surface area contributed by atoms with Gasteiger partial charge in [0.25, 0.3) is 0 Å². The van der Waals surface area contributed by atoms with E-state index in [2.05, 4.69) is 6.92 Å². The van der Waals surface area contributed by atoms with E-state index in [-0.39, 0.29) is 6.54 Å². The molecule has 0 aliphatic carbocycles. The number of nitrogens with zero attached hydrogens (tertiary/aromatic N) is 1. The molecule has 0 spiro atoms. The number of rotatable bonds is 2. The SMILES string of the molecule is [CH2]CCN(C(N)=O)C(=O)Cl. The maximum atomic E-state index is 10.3. The third-order valence-corrected chi connectivity index (χ3v) is 1.06. The molecule has 0 fully saturated rings. The average molecular weight is 164 g/mol. The molecule has 57 valence electrons. The van der Waals surface area contributed by atoms with Crippen molar-refractivity contribution in [3.05, 3.63) is 6.92 Å². The first kappa shape index (κ1) is 9.23. The molecule has 0 aromatic heterocycles. The summed E-state index contributed by atoms with van der Waals surface area (Å²) in [4.78, 5) is 21.4. The molecule has 5 heteroatoms. The van der Waals surface area contributed by atoms with Crippen LogP contribution in [0.3, 0.4) is 0 Å². The third kappa shape index (κ3) is 2.68. The summed E-state index contributed by atoms with van der Waals surface area (Å²) in [5.74, 6) is 0. The Kier molecular flexibility index (Phi) is 3.79. The van der Waals surface area contributed by atoms with Gasteiger partial charge in [-0.2, -0.15) is 0 Å². The first-order chi connectivity index (χ1) is 4.59. The normalized spacial score (nSPS) is 9.00. The van der Waals surface area contributed by atoms with Crippen molar-refractivity contribution in [2.24, 2.45) is 5.73 Å². The molecular weight excluding hydrogens is 156 g/mol. The van der Waals surface area contributed by atoms with Crippen molar-refractivity contribution in [3.8, 4) is 0 Å². The molecule has 0 unspecified atom stereocenters. The van der Waals surface area contributed by atoms with Crippen LogP contribution in [0.4, 0.5) is 9.59 Å². The van der Waals surface area contributed by atoms with Crippen LogP contribution in [-0.2, 0) is 0 Å². The van der Waals surface area contributed by atoms with Gasteiger partial charge in [-0.25, -0.2) is 4.79 Å². The van der Waals surface area contributed by atoms with E-state index in [1.54, 1.807) is 0 Å². The van der Waals surface area contributed by atoms with E-state index in [1.807, 2.05) is 0 Å². The standard InChI is InChI=1S/C5H8ClN2O2/c1-2-3-8(4(6)9)5(7)10/h1-3H2,(H2,7,10). The highest BCUT2D eigenvalue weighted by Crippen LogP contribution is 1.96. The number of nitrogens with two attached hydrogens (primary N) is 1. The van der Waals surface area contributed by atoms with E-state index in [1.165, 1.54) is 0 Å². The number of urea groups is 1. The quantitative estimate of drug-likeness (QED) is 0.487. The molecule has 0 saturated carbocycles. The Morgan fingerprint density at radius 3 is 2.20 bits per heavy atom. The van der Waals surface area contributed by atoms with Crippen LogP contribution in [0.15, 0.2) is 0 Å². The van der Waals surface area contributed by atoms with Gasteiger partial charge in [0.2, 0.25) is 0 Å². The van der Waals surface area contributed by atoms with Crippen LogP contribution in [0.1, 0.15) is 6.42 Å². The molecule has 0 rings (SSSR count). The van der Waals surface area contributed by atoms with Gasteiger partial charge in [-0.15, -0.1) is 0 Å². The van der Waals surface area contributed by atoms with Crippen molar-refractivity contribution in [3.63, 3.8) is 0 Å². The van der Waals surface area contributed by atoms with Crippen LogP contribution < -0.4 is 5.73 Å². The number of hydrogen-bond donors (Lipinski definition) is 1. The largest absolute Gasteiger partial charge is 0.351 e. The van der Waals surface area contributed by atoms with E-state index >= 15 is 0 Å². The minimum Gasteiger partial charge on any atom is -0.351 e. The highest BCUT2D eigenvalue weighted by Gasteiger charge is 2.13. The molecule has 3 amide bonds. The first-order valence-electron chi connectivity index (χ1n) is 2.65. The van der Waals surface area contributed by atoms with E-state index in [0.717, 1.165) is 0 Å². The molecule has 0 aliphatic heterocycles. The summed E-state index contributed by atoms with van der Waals surface area (Å²) in [5.41, 5.74) is 4.78. The topological polar surface area (TPSA) is 63.4 Å². The Labute approximate surface area is 63.9 Å². The number of imide groups is 1. The summed E-state index contributed by atoms with van der Waals surface area (Å²) < 4.78 is 0. The maximum absolute atomic E-state index is 10.3.